The first-order valence-corrected chi connectivity index (χ1v) is 15.7. The third-order valence-electron chi connectivity index (χ3n) is 8.33. The first kappa shape index (κ1) is 35.5. The highest BCUT2D eigenvalue weighted by atomic mass is 19.2. The molecular weight excluding hydrogens is 613 g/mol. The fraction of sp³-hybridized carbons (Fsp3) is 0.389. The molecule has 250 valence electrons. The number of nitrogens with one attached hydrogen (secondary N) is 1. The summed E-state index contributed by atoms with van der Waals surface area (Å²) in [4.78, 5) is 51.4. The maximum Gasteiger partial charge on any atom is 0.300 e. The van der Waals surface area contributed by atoms with E-state index < -0.39 is 53.0 Å². The van der Waals surface area contributed by atoms with Crippen LogP contribution in [0.15, 0.2) is 72.5 Å². The number of hydrogen-bond donors (Lipinski definition) is 2. The predicted molar refractivity (Wildman–Crippen MR) is 171 cm³/mol. The minimum absolute atomic E-state index is 0.104. The Morgan fingerprint density at radius 3 is 1.94 bits per heavy atom. The average Bonchev–Trinajstić information content (AvgIpc) is 3.36. The number of fused-ring (bicyclic) bond motifs is 2. The van der Waals surface area contributed by atoms with Crippen LogP contribution in [-0.2, 0) is 4.74 Å². The van der Waals surface area contributed by atoms with Crippen LogP contribution in [0.3, 0.4) is 0 Å². The number of rotatable bonds is 6. The summed E-state index contributed by atoms with van der Waals surface area (Å²) in [6, 6.07) is 9.27. The summed E-state index contributed by atoms with van der Waals surface area (Å²) >= 11 is 0. The van der Waals surface area contributed by atoms with Gasteiger partial charge in [-0.2, -0.15) is 0 Å². The van der Waals surface area contributed by atoms with Gasteiger partial charge in [-0.25, -0.2) is 18.1 Å². The van der Waals surface area contributed by atoms with E-state index in [9.17, 15) is 33.1 Å². The third kappa shape index (κ3) is 6.21. The SMILES string of the molecule is CC.CC1(OC2(F)CC(C)(F)C2(O)F)C=CC=C(N2C(=O)c3ccc(-c4ccc5c(c4)C(=O)NC5=O)cc3C2=O)C=C1.CCCCC. The molecule has 8 nitrogen and oxygen atoms in total. The number of amides is 4. The van der Waals surface area contributed by atoms with Gasteiger partial charge in [0.25, 0.3) is 35.3 Å². The lowest BCUT2D eigenvalue weighted by molar-refractivity contribution is -0.433. The van der Waals surface area contributed by atoms with E-state index in [2.05, 4.69) is 19.2 Å². The van der Waals surface area contributed by atoms with Crippen molar-refractivity contribution in [3.05, 3.63) is 94.7 Å². The van der Waals surface area contributed by atoms with Gasteiger partial charge in [0.15, 0.2) is 5.67 Å². The number of carbonyl (C=O) groups is 4. The molecule has 4 aliphatic rings. The number of benzene rings is 2. The Bertz CT molecular complexity index is 1710. The van der Waals surface area contributed by atoms with Crippen molar-refractivity contribution in [1.29, 1.82) is 0 Å². The molecule has 0 aromatic heterocycles. The highest BCUT2D eigenvalue weighted by molar-refractivity contribution is 6.23. The Morgan fingerprint density at radius 1 is 0.830 bits per heavy atom. The van der Waals surface area contributed by atoms with Gasteiger partial charge in [0, 0.05) is 0 Å². The zero-order valence-electron chi connectivity index (χ0n) is 27.2. The predicted octanol–water partition coefficient (Wildman–Crippen LogP) is 7.30. The molecule has 0 spiro atoms. The number of carbonyl (C=O) groups excluding carboxylic acids is 4. The first-order chi connectivity index (χ1) is 22.1. The maximum atomic E-state index is 15.0. The van der Waals surface area contributed by atoms with Gasteiger partial charge in [-0.05, 0) is 73.5 Å². The molecule has 2 aliphatic carbocycles. The molecule has 2 heterocycles. The van der Waals surface area contributed by atoms with Crippen molar-refractivity contribution >= 4 is 23.6 Å². The number of allylic oxidation sites excluding steroid dienone is 3. The second kappa shape index (κ2) is 13.0. The Balaban J connectivity index is 0.000000655. The van der Waals surface area contributed by atoms with Gasteiger partial charge in [-0.15, -0.1) is 0 Å². The van der Waals surface area contributed by atoms with E-state index in [0.717, 1.165) is 11.8 Å². The van der Waals surface area contributed by atoms with E-state index in [1.807, 2.05) is 13.8 Å². The molecule has 1 saturated carbocycles. The number of hydrogen-bond acceptors (Lipinski definition) is 6. The van der Waals surface area contributed by atoms with Crippen molar-refractivity contribution in [2.75, 3.05) is 0 Å². The molecule has 0 saturated heterocycles. The normalized spacial score (nSPS) is 28.6. The summed E-state index contributed by atoms with van der Waals surface area (Å²) < 4.78 is 48.6. The molecular formula is C36H39F3N2O6. The van der Waals surface area contributed by atoms with E-state index in [1.54, 1.807) is 12.1 Å². The molecule has 4 amide bonds. The first-order valence-electron chi connectivity index (χ1n) is 15.7. The quantitative estimate of drug-likeness (QED) is 0.317. The third-order valence-corrected chi connectivity index (χ3v) is 8.33. The van der Waals surface area contributed by atoms with Crippen molar-refractivity contribution in [3.8, 4) is 11.1 Å². The Labute approximate surface area is 272 Å². The minimum atomic E-state index is -3.87. The zero-order valence-corrected chi connectivity index (χ0v) is 27.2. The summed E-state index contributed by atoms with van der Waals surface area (Å²) in [7, 11) is 0. The molecule has 4 atom stereocenters. The van der Waals surface area contributed by atoms with E-state index in [-0.39, 0.29) is 28.0 Å². The second-order valence-corrected chi connectivity index (χ2v) is 11.9. The smallest absolute Gasteiger partial charge is 0.300 e. The number of aliphatic hydroxyl groups is 1. The molecule has 2 N–H and O–H groups in total. The van der Waals surface area contributed by atoms with Crippen molar-refractivity contribution in [1.82, 2.24) is 10.2 Å². The zero-order chi connectivity index (χ0) is 34.9. The Hall–Kier alpha value is -4.35. The molecule has 6 rings (SSSR count). The molecule has 2 aliphatic heterocycles. The van der Waals surface area contributed by atoms with Crippen LogP contribution < -0.4 is 5.32 Å². The van der Waals surface area contributed by atoms with Crippen LogP contribution in [0.25, 0.3) is 11.1 Å². The summed E-state index contributed by atoms with van der Waals surface area (Å²) in [5.41, 5.74) is -2.60. The topological polar surface area (TPSA) is 113 Å². The van der Waals surface area contributed by atoms with Crippen molar-refractivity contribution in [3.63, 3.8) is 0 Å². The van der Waals surface area contributed by atoms with Crippen LogP contribution in [0.4, 0.5) is 13.2 Å². The van der Waals surface area contributed by atoms with E-state index in [1.165, 1.54) is 80.8 Å². The fourth-order valence-corrected chi connectivity index (χ4v) is 5.67. The second-order valence-electron chi connectivity index (χ2n) is 11.9. The summed E-state index contributed by atoms with van der Waals surface area (Å²) in [5.74, 6) is -9.47. The molecule has 2 aromatic rings. The van der Waals surface area contributed by atoms with Gasteiger partial charge >= 0.3 is 0 Å². The van der Waals surface area contributed by atoms with Crippen molar-refractivity contribution in [2.24, 2.45) is 0 Å². The average molecular weight is 653 g/mol. The molecule has 2 aromatic carbocycles. The number of unbranched alkanes of at least 4 members (excludes halogenated alkanes) is 2. The summed E-state index contributed by atoms with van der Waals surface area (Å²) in [6.45, 7) is 10.5. The lowest BCUT2D eigenvalue weighted by atomic mass is 9.72. The fourth-order valence-electron chi connectivity index (χ4n) is 5.67. The van der Waals surface area contributed by atoms with Crippen LogP contribution >= 0.6 is 0 Å². The molecule has 0 radical (unpaired) electrons. The standard InChI is InChI=1S/C29H21F3N2O6.C5H12.C2H6/c1-26(40-28(31)14-27(2,30)29(28,32)39)10-3-4-17(9-11-26)34-24(37)19-8-6-16(13-21(19)25(34)38)15-5-7-18-20(12-15)23(36)33-22(18)35;1-3-5-4-2;1-2/h3-13,39H,14H2,1-2H3,(H,33,35,36);3-5H2,1-2H3;1-2H3. The van der Waals surface area contributed by atoms with Crippen LogP contribution in [0.2, 0.25) is 0 Å². The molecule has 4 unspecified atom stereocenters. The number of ether oxygens (including phenoxy) is 1. The van der Waals surface area contributed by atoms with Gasteiger partial charge < -0.3 is 9.84 Å². The lowest BCUT2D eigenvalue weighted by Gasteiger charge is -2.54. The summed E-state index contributed by atoms with van der Waals surface area (Å²) in [5, 5.41) is 11.9. The number of imide groups is 2. The van der Waals surface area contributed by atoms with Crippen molar-refractivity contribution < 1.29 is 42.2 Å². The number of nitrogens with zero attached hydrogens (tertiary/aromatic N) is 1. The highest BCUT2D eigenvalue weighted by Crippen LogP contribution is 2.58. The van der Waals surface area contributed by atoms with Gasteiger partial charge in [-0.1, -0.05) is 65.2 Å². The van der Waals surface area contributed by atoms with Crippen LogP contribution in [-0.4, -0.2) is 56.6 Å². The van der Waals surface area contributed by atoms with Crippen molar-refractivity contribution in [2.45, 2.75) is 90.2 Å². The molecule has 0 bridgehead atoms. The van der Waals surface area contributed by atoms with E-state index in [0.29, 0.717) is 11.1 Å². The number of alkyl halides is 3. The van der Waals surface area contributed by atoms with E-state index in [4.69, 9.17) is 4.74 Å². The van der Waals surface area contributed by atoms with Crippen LogP contribution in [0, 0.1) is 0 Å². The van der Waals surface area contributed by atoms with E-state index >= 15 is 4.39 Å². The molecule has 47 heavy (non-hydrogen) atoms. The Morgan fingerprint density at radius 2 is 1.38 bits per heavy atom. The number of halogens is 3. The van der Waals surface area contributed by atoms with Crippen LogP contribution in [0.5, 0.6) is 0 Å². The van der Waals surface area contributed by atoms with Gasteiger partial charge in [-0.3, -0.25) is 24.5 Å². The highest BCUT2D eigenvalue weighted by Gasteiger charge is 2.78. The van der Waals surface area contributed by atoms with Gasteiger partial charge in [0.1, 0.15) is 5.60 Å². The largest absolute Gasteiger partial charge is 0.355 e. The van der Waals surface area contributed by atoms with Gasteiger partial charge in [0.05, 0.1) is 34.4 Å². The lowest BCUT2D eigenvalue weighted by Crippen LogP contribution is -2.74. The van der Waals surface area contributed by atoms with Gasteiger partial charge in [0.2, 0.25) is 0 Å². The summed E-state index contributed by atoms with van der Waals surface area (Å²) in [6.07, 6.45) is 9.70. The maximum absolute atomic E-state index is 15.0. The minimum Gasteiger partial charge on any atom is -0.355 e. The Kier molecular flexibility index (Phi) is 9.85. The molecule has 1 fully saturated rings. The monoisotopic (exact) mass is 652 g/mol. The molecule has 11 heteroatoms. The van der Waals surface area contributed by atoms with Crippen LogP contribution in [0.1, 0.15) is 109 Å².